The maximum atomic E-state index is 14.8. The highest BCUT2D eigenvalue weighted by Crippen LogP contribution is 2.29. The van der Waals surface area contributed by atoms with Crippen molar-refractivity contribution in [3.8, 4) is 0 Å². The topological polar surface area (TPSA) is 111 Å². The van der Waals surface area contributed by atoms with Crippen LogP contribution in [0.4, 0.5) is 9.18 Å². The summed E-state index contributed by atoms with van der Waals surface area (Å²) in [7, 11) is 0. The number of hydrazone groups is 1. The third-order valence-corrected chi connectivity index (χ3v) is 4.72. The molecule has 0 aliphatic rings. The van der Waals surface area contributed by atoms with Crippen LogP contribution in [0.15, 0.2) is 53.9 Å². The Morgan fingerprint density at radius 1 is 1.28 bits per heavy atom. The average molecular weight is 391 g/mol. The fourth-order valence-corrected chi connectivity index (χ4v) is 3.18. The maximum absolute atomic E-state index is 14.8. The first-order chi connectivity index (χ1) is 13.9. The summed E-state index contributed by atoms with van der Waals surface area (Å²) in [5.74, 6) is -0.642. The molecule has 4 rings (SSSR count). The van der Waals surface area contributed by atoms with E-state index in [0.717, 1.165) is 11.1 Å². The smallest absolute Gasteiger partial charge is 0.332 e. The molecule has 0 aliphatic carbocycles. The number of aromatic nitrogens is 4. The van der Waals surface area contributed by atoms with Gasteiger partial charge in [-0.05, 0) is 36.8 Å². The number of imidazole rings is 1. The van der Waals surface area contributed by atoms with Gasteiger partial charge in [0.15, 0.2) is 5.65 Å². The lowest BCUT2D eigenvalue weighted by atomic mass is 9.96. The number of carbonyl (C=O) groups excluding carboxylic acids is 1. The van der Waals surface area contributed by atoms with E-state index in [-0.39, 0.29) is 11.7 Å². The summed E-state index contributed by atoms with van der Waals surface area (Å²) < 4.78 is 16.4. The molecule has 2 amide bonds. The number of hydrogen-bond acceptors (Lipinski definition) is 5. The van der Waals surface area contributed by atoms with Gasteiger partial charge in [0.1, 0.15) is 11.5 Å². The lowest BCUT2D eigenvalue weighted by Crippen LogP contribution is -2.25. The minimum Gasteiger partial charge on any atom is -0.350 e. The number of fused-ring (bicyclic) bond motifs is 2. The first-order valence-electron chi connectivity index (χ1n) is 8.93. The number of urea groups is 1. The number of benzene rings is 1. The number of nitrogens with zero attached hydrogens (tertiary/aromatic N) is 5. The van der Waals surface area contributed by atoms with Crippen molar-refractivity contribution in [2.75, 3.05) is 0 Å². The van der Waals surface area contributed by atoms with Crippen LogP contribution < -0.4 is 11.2 Å². The molecule has 146 valence electrons. The highest BCUT2D eigenvalue weighted by Gasteiger charge is 2.19. The first kappa shape index (κ1) is 18.5. The summed E-state index contributed by atoms with van der Waals surface area (Å²) in [6.45, 7) is 3.59. The number of hydrogen-bond donors (Lipinski definition) is 2. The summed E-state index contributed by atoms with van der Waals surface area (Å²) in [6.07, 6.45) is 3.32. The van der Waals surface area contributed by atoms with Crippen molar-refractivity contribution in [3.63, 3.8) is 0 Å². The van der Waals surface area contributed by atoms with Gasteiger partial charge in [-0.3, -0.25) is 4.98 Å². The lowest BCUT2D eigenvalue weighted by molar-refractivity contribution is 0.249. The van der Waals surface area contributed by atoms with Crippen LogP contribution in [0, 0.1) is 5.82 Å². The molecule has 0 aliphatic heterocycles. The number of primary amides is 1. The van der Waals surface area contributed by atoms with Gasteiger partial charge in [0.05, 0.1) is 23.1 Å². The van der Waals surface area contributed by atoms with Gasteiger partial charge in [-0.15, -0.1) is 0 Å². The Bertz CT molecular complexity index is 1260. The normalized spacial score (nSPS) is 13.0. The van der Waals surface area contributed by atoms with E-state index in [1.165, 1.54) is 6.07 Å². The molecule has 0 bridgehead atoms. The molecule has 29 heavy (non-hydrogen) atoms. The standard InChI is InChI=1S/C20H18FN7O/c1-11(14-8-13-4-3-7-23-17(13)9-15(14)21)18-10-24-19-6-5-16(27-28(18)19)12(2)25-26-20(22)29/h3-11H,1-2H3,(H3,22,26,29)/b25-12-. The number of amides is 2. The molecule has 9 heteroatoms. The molecule has 3 aromatic heterocycles. The fourth-order valence-electron chi connectivity index (χ4n) is 3.18. The molecular formula is C20H18FN7O. The van der Waals surface area contributed by atoms with Crippen molar-refractivity contribution in [1.82, 2.24) is 25.0 Å². The van der Waals surface area contributed by atoms with Crippen molar-refractivity contribution in [3.05, 3.63) is 71.6 Å². The average Bonchev–Trinajstić information content (AvgIpc) is 3.14. The quantitative estimate of drug-likeness (QED) is 0.411. The largest absolute Gasteiger partial charge is 0.350 e. The molecule has 0 fully saturated rings. The van der Waals surface area contributed by atoms with Crippen LogP contribution in [0.5, 0.6) is 0 Å². The summed E-state index contributed by atoms with van der Waals surface area (Å²) in [4.78, 5) is 19.4. The predicted molar refractivity (Wildman–Crippen MR) is 107 cm³/mol. The van der Waals surface area contributed by atoms with Crippen LogP contribution in [0.1, 0.15) is 36.7 Å². The molecule has 4 aromatic rings. The molecule has 0 radical (unpaired) electrons. The predicted octanol–water partition coefficient (Wildman–Crippen LogP) is 2.96. The number of pyridine rings is 1. The van der Waals surface area contributed by atoms with Crippen LogP contribution in [0.3, 0.4) is 0 Å². The zero-order chi connectivity index (χ0) is 20.5. The van der Waals surface area contributed by atoms with Crippen LogP contribution in [-0.2, 0) is 0 Å². The van der Waals surface area contributed by atoms with E-state index in [1.54, 1.807) is 42.0 Å². The SMILES string of the molecule is C/C(=N/NC(N)=O)c1ccc2ncc(C(C)c3cc4cccnc4cc3F)n2n1. The molecular weight excluding hydrogens is 373 g/mol. The molecule has 3 heterocycles. The van der Waals surface area contributed by atoms with E-state index in [9.17, 15) is 9.18 Å². The summed E-state index contributed by atoms with van der Waals surface area (Å²) in [6, 6.07) is 9.71. The van der Waals surface area contributed by atoms with Crippen molar-refractivity contribution in [1.29, 1.82) is 0 Å². The van der Waals surface area contributed by atoms with Gasteiger partial charge >= 0.3 is 6.03 Å². The highest BCUT2D eigenvalue weighted by atomic mass is 19.1. The highest BCUT2D eigenvalue weighted by molar-refractivity contribution is 5.97. The number of carbonyl (C=O) groups is 1. The molecule has 0 saturated carbocycles. The molecule has 0 saturated heterocycles. The van der Waals surface area contributed by atoms with Gasteiger partial charge in [-0.2, -0.15) is 10.2 Å². The number of nitrogens with one attached hydrogen (secondary N) is 1. The van der Waals surface area contributed by atoms with Crippen LogP contribution in [0.2, 0.25) is 0 Å². The van der Waals surface area contributed by atoms with Gasteiger partial charge in [0.25, 0.3) is 0 Å². The Hall–Kier alpha value is -3.88. The minimum absolute atomic E-state index is 0.307. The minimum atomic E-state index is -0.761. The summed E-state index contributed by atoms with van der Waals surface area (Å²) >= 11 is 0. The van der Waals surface area contributed by atoms with Crippen molar-refractivity contribution >= 4 is 28.3 Å². The Kier molecular flexibility index (Phi) is 4.63. The number of nitrogens with two attached hydrogens (primary N) is 1. The Balaban J connectivity index is 1.77. The van der Waals surface area contributed by atoms with Crippen LogP contribution >= 0.6 is 0 Å². The van der Waals surface area contributed by atoms with Gasteiger partial charge < -0.3 is 5.73 Å². The van der Waals surface area contributed by atoms with Crippen LogP contribution in [-0.4, -0.2) is 31.3 Å². The summed E-state index contributed by atoms with van der Waals surface area (Å²) in [5, 5.41) is 9.30. The molecule has 1 unspecified atom stereocenters. The van der Waals surface area contributed by atoms with E-state index in [4.69, 9.17) is 5.73 Å². The molecule has 0 spiro atoms. The van der Waals surface area contributed by atoms with E-state index >= 15 is 0 Å². The number of halogens is 1. The second-order valence-electron chi connectivity index (χ2n) is 6.64. The third-order valence-electron chi connectivity index (χ3n) is 4.72. The van der Waals surface area contributed by atoms with E-state index in [1.807, 2.05) is 19.1 Å². The van der Waals surface area contributed by atoms with Crippen molar-refractivity contribution in [2.24, 2.45) is 10.8 Å². The van der Waals surface area contributed by atoms with Gasteiger partial charge in [-0.25, -0.2) is 24.1 Å². The molecule has 8 nitrogen and oxygen atoms in total. The third kappa shape index (κ3) is 3.49. The Labute approximate surface area is 165 Å². The zero-order valence-corrected chi connectivity index (χ0v) is 15.8. The van der Waals surface area contributed by atoms with Crippen molar-refractivity contribution in [2.45, 2.75) is 19.8 Å². The lowest BCUT2D eigenvalue weighted by Gasteiger charge is -2.14. The molecule has 1 atom stereocenters. The zero-order valence-electron chi connectivity index (χ0n) is 15.8. The second kappa shape index (κ2) is 7.27. The maximum Gasteiger partial charge on any atom is 0.332 e. The monoisotopic (exact) mass is 391 g/mol. The van der Waals surface area contributed by atoms with Gasteiger partial charge in [-0.1, -0.05) is 13.0 Å². The van der Waals surface area contributed by atoms with E-state index in [0.29, 0.717) is 28.1 Å². The second-order valence-corrected chi connectivity index (χ2v) is 6.64. The van der Waals surface area contributed by atoms with E-state index < -0.39 is 6.03 Å². The molecule has 1 aromatic carbocycles. The summed E-state index contributed by atoms with van der Waals surface area (Å²) in [5.41, 5.74) is 10.7. The van der Waals surface area contributed by atoms with Gasteiger partial charge in [0.2, 0.25) is 0 Å². The molecule has 3 N–H and O–H groups in total. The van der Waals surface area contributed by atoms with E-state index in [2.05, 4.69) is 25.6 Å². The number of rotatable bonds is 4. The van der Waals surface area contributed by atoms with Crippen molar-refractivity contribution < 1.29 is 9.18 Å². The Morgan fingerprint density at radius 2 is 2.10 bits per heavy atom. The van der Waals surface area contributed by atoms with Crippen LogP contribution in [0.25, 0.3) is 16.6 Å². The Morgan fingerprint density at radius 3 is 2.90 bits per heavy atom. The first-order valence-corrected chi connectivity index (χ1v) is 8.93. The van der Waals surface area contributed by atoms with Gasteiger partial charge in [0, 0.05) is 23.6 Å². The fraction of sp³-hybridized carbons (Fsp3) is 0.150.